The summed E-state index contributed by atoms with van der Waals surface area (Å²) in [6, 6.07) is 13.4. The highest BCUT2D eigenvalue weighted by Gasteiger charge is 2.29. The Bertz CT molecular complexity index is 1060. The molecule has 0 radical (unpaired) electrons. The summed E-state index contributed by atoms with van der Waals surface area (Å²) in [5.41, 5.74) is 4.72. The molecule has 2 aromatic carbocycles. The van der Waals surface area contributed by atoms with E-state index in [-0.39, 0.29) is 12.5 Å². The van der Waals surface area contributed by atoms with Gasteiger partial charge in [0.1, 0.15) is 0 Å². The average molecular weight is 456 g/mol. The van der Waals surface area contributed by atoms with Gasteiger partial charge in [-0.25, -0.2) is 8.42 Å². The summed E-state index contributed by atoms with van der Waals surface area (Å²) < 4.78 is 27.6. The summed E-state index contributed by atoms with van der Waals surface area (Å²) in [5, 5.41) is 2.99. The first-order valence-corrected chi connectivity index (χ1v) is 13.0. The van der Waals surface area contributed by atoms with Gasteiger partial charge in [-0.3, -0.25) is 9.69 Å². The number of rotatable bonds is 7. The number of carbonyl (C=O) groups is 1. The van der Waals surface area contributed by atoms with E-state index in [0.717, 1.165) is 30.5 Å². The smallest absolute Gasteiger partial charge is 0.243 e. The number of amides is 1. The van der Waals surface area contributed by atoms with Crippen LogP contribution < -0.4 is 5.32 Å². The van der Waals surface area contributed by atoms with Gasteiger partial charge in [-0.15, -0.1) is 0 Å². The van der Waals surface area contributed by atoms with Crippen molar-refractivity contribution in [2.24, 2.45) is 0 Å². The lowest BCUT2D eigenvalue weighted by Crippen LogP contribution is -2.50. The highest BCUT2D eigenvalue weighted by atomic mass is 32.2. The standard InChI is InChI=1S/C25H33N3O3S/c1-3-19(2)20-8-11-24(12-9-20)32(30,31)28-15-13-27(14-16-28)18-25(29)26-23-10-7-21-5-4-6-22(21)17-23/h7-12,17,19H,3-6,13-16,18H2,1-2H3,(H,26,29)/t19-/m1/s1. The molecule has 7 heteroatoms. The number of fused-ring (bicyclic) bond motifs is 1. The van der Waals surface area contributed by atoms with Gasteiger partial charge in [-0.1, -0.05) is 32.0 Å². The van der Waals surface area contributed by atoms with E-state index in [1.54, 1.807) is 12.1 Å². The lowest BCUT2D eigenvalue weighted by molar-refractivity contribution is -0.117. The molecule has 1 heterocycles. The maximum absolute atomic E-state index is 13.0. The summed E-state index contributed by atoms with van der Waals surface area (Å²) in [4.78, 5) is 14.9. The second-order valence-corrected chi connectivity index (χ2v) is 10.9. The van der Waals surface area contributed by atoms with E-state index >= 15 is 0 Å². The minimum Gasteiger partial charge on any atom is -0.325 e. The summed E-state index contributed by atoms with van der Waals surface area (Å²) in [7, 11) is -3.51. The maximum atomic E-state index is 13.0. The van der Waals surface area contributed by atoms with Gasteiger partial charge in [-0.2, -0.15) is 4.31 Å². The number of anilines is 1. The Morgan fingerprint density at radius 1 is 1.00 bits per heavy atom. The van der Waals surface area contributed by atoms with Gasteiger partial charge >= 0.3 is 0 Å². The van der Waals surface area contributed by atoms with Crippen molar-refractivity contribution in [2.75, 3.05) is 38.0 Å². The first-order chi connectivity index (χ1) is 15.4. The number of hydrogen-bond acceptors (Lipinski definition) is 4. The maximum Gasteiger partial charge on any atom is 0.243 e. The number of sulfonamides is 1. The molecule has 1 amide bonds. The van der Waals surface area contributed by atoms with Crippen molar-refractivity contribution in [3.05, 3.63) is 59.2 Å². The summed E-state index contributed by atoms with van der Waals surface area (Å²) in [6.07, 6.45) is 4.41. The topological polar surface area (TPSA) is 69.7 Å². The van der Waals surface area contributed by atoms with Gasteiger partial charge in [0.05, 0.1) is 11.4 Å². The molecule has 0 saturated carbocycles. The number of nitrogens with one attached hydrogen (secondary N) is 1. The monoisotopic (exact) mass is 455 g/mol. The lowest BCUT2D eigenvalue weighted by Gasteiger charge is -2.33. The second-order valence-electron chi connectivity index (χ2n) is 8.94. The minimum atomic E-state index is -3.51. The molecule has 1 saturated heterocycles. The van der Waals surface area contributed by atoms with Crippen molar-refractivity contribution in [1.82, 2.24) is 9.21 Å². The normalized spacial score (nSPS) is 18.3. The number of nitrogens with zero attached hydrogens (tertiary/aromatic N) is 2. The minimum absolute atomic E-state index is 0.0557. The van der Waals surface area contributed by atoms with Crippen molar-refractivity contribution in [2.45, 2.75) is 50.3 Å². The fourth-order valence-corrected chi connectivity index (χ4v) is 5.96. The van der Waals surface area contributed by atoms with E-state index in [0.29, 0.717) is 37.0 Å². The molecule has 1 N–H and O–H groups in total. The van der Waals surface area contributed by atoms with Crippen LogP contribution in [0.15, 0.2) is 47.4 Å². The molecule has 2 aromatic rings. The fourth-order valence-electron chi connectivity index (χ4n) is 4.53. The third-order valence-electron chi connectivity index (χ3n) is 6.78. The van der Waals surface area contributed by atoms with E-state index in [2.05, 4.69) is 31.3 Å². The molecule has 172 valence electrons. The van der Waals surface area contributed by atoms with Gasteiger partial charge in [0.2, 0.25) is 15.9 Å². The van der Waals surface area contributed by atoms with Crippen LogP contribution in [-0.4, -0.2) is 56.3 Å². The van der Waals surface area contributed by atoms with E-state index in [1.807, 2.05) is 23.1 Å². The largest absolute Gasteiger partial charge is 0.325 e. The number of benzene rings is 2. The number of piperazine rings is 1. The zero-order valence-corrected chi connectivity index (χ0v) is 19.8. The molecule has 1 aliphatic heterocycles. The number of aryl methyl sites for hydroxylation is 2. The van der Waals surface area contributed by atoms with Crippen molar-refractivity contribution in [3.8, 4) is 0 Å². The third kappa shape index (κ3) is 5.05. The van der Waals surface area contributed by atoms with Gasteiger partial charge < -0.3 is 5.32 Å². The Hall–Kier alpha value is -2.22. The van der Waals surface area contributed by atoms with Gasteiger partial charge in [0.25, 0.3) is 0 Å². The van der Waals surface area contributed by atoms with Gasteiger partial charge in [0.15, 0.2) is 0 Å². The SMILES string of the molecule is CC[C@@H](C)c1ccc(S(=O)(=O)N2CCN(CC(=O)Nc3ccc4c(c3)CCC4)CC2)cc1. The first kappa shape index (κ1) is 23.0. The van der Waals surface area contributed by atoms with E-state index in [4.69, 9.17) is 0 Å². The van der Waals surface area contributed by atoms with Crippen LogP contribution in [0, 0.1) is 0 Å². The van der Waals surface area contributed by atoms with Crippen molar-refractivity contribution < 1.29 is 13.2 Å². The Balaban J connectivity index is 1.30. The van der Waals surface area contributed by atoms with Crippen LogP contribution in [0.25, 0.3) is 0 Å². The Morgan fingerprint density at radius 3 is 2.38 bits per heavy atom. The Labute approximate surface area is 191 Å². The molecular formula is C25H33N3O3S. The van der Waals surface area contributed by atoms with Crippen LogP contribution in [0.4, 0.5) is 5.69 Å². The van der Waals surface area contributed by atoms with E-state index in [9.17, 15) is 13.2 Å². The molecule has 1 fully saturated rings. The van der Waals surface area contributed by atoms with Crippen molar-refractivity contribution >= 4 is 21.6 Å². The van der Waals surface area contributed by atoms with Crippen LogP contribution in [0.2, 0.25) is 0 Å². The van der Waals surface area contributed by atoms with Crippen molar-refractivity contribution in [1.29, 1.82) is 0 Å². The Morgan fingerprint density at radius 2 is 1.69 bits per heavy atom. The summed E-state index contributed by atoms with van der Waals surface area (Å²) >= 11 is 0. The lowest BCUT2D eigenvalue weighted by atomic mass is 9.99. The third-order valence-corrected chi connectivity index (χ3v) is 8.69. The molecule has 1 aliphatic carbocycles. The fraction of sp³-hybridized carbons (Fsp3) is 0.480. The van der Waals surface area contributed by atoms with Crippen molar-refractivity contribution in [3.63, 3.8) is 0 Å². The van der Waals surface area contributed by atoms with E-state index < -0.39 is 10.0 Å². The molecule has 32 heavy (non-hydrogen) atoms. The van der Waals surface area contributed by atoms with E-state index in [1.165, 1.54) is 21.9 Å². The molecule has 2 aliphatic rings. The quantitative estimate of drug-likeness (QED) is 0.692. The summed E-state index contributed by atoms with van der Waals surface area (Å²) in [5.74, 6) is 0.359. The van der Waals surface area contributed by atoms with Crippen LogP contribution in [0.5, 0.6) is 0 Å². The molecule has 6 nitrogen and oxygen atoms in total. The Kier molecular flexibility index (Phi) is 6.98. The predicted octanol–water partition coefficient (Wildman–Crippen LogP) is 3.63. The molecule has 1 atom stereocenters. The number of hydrogen-bond donors (Lipinski definition) is 1. The van der Waals surface area contributed by atoms with Gasteiger partial charge in [-0.05, 0) is 72.6 Å². The molecule has 0 aromatic heterocycles. The zero-order chi connectivity index (χ0) is 22.7. The number of carbonyl (C=O) groups excluding carboxylic acids is 1. The highest BCUT2D eigenvalue weighted by molar-refractivity contribution is 7.89. The molecule has 0 bridgehead atoms. The average Bonchev–Trinajstić information content (AvgIpc) is 3.27. The highest BCUT2D eigenvalue weighted by Crippen LogP contribution is 2.25. The molecule has 0 spiro atoms. The van der Waals surface area contributed by atoms with Crippen LogP contribution in [-0.2, 0) is 27.7 Å². The first-order valence-electron chi connectivity index (χ1n) is 11.6. The van der Waals surface area contributed by atoms with Crippen LogP contribution in [0.3, 0.4) is 0 Å². The van der Waals surface area contributed by atoms with Crippen LogP contribution in [0.1, 0.15) is 49.3 Å². The van der Waals surface area contributed by atoms with Crippen LogP contribution >= 0.6 is 0 Å². The molecule has 4 rings (SSSR count). The molecule has 0 unspecified atom stereocenters. The van der Waals surface area contributed by atoms with Gasteiger partial charge in [0, 0.05) is 31.9 Å². The second kappa shape index (κ2) is 9.73. The summed E-state index contributed by atoms with van der Waals surface area (Å²) in [6.45, 7) is 6.41. The molecular weight excluding hydrogens is 422 g/mol. The predicted molar refractivity (Wildman–Crippen MR) is 127 cm³/mol. The zero-order valence-electron chi connectivity index (χ0n) is 19.0.